The maximum Gasteiger partial charge on any atom is -0.000138 e. The van der Waals surface area contributed by atoms with Gasteiger partial charge in [-0.2, -0.15) is 0 Å². The molecule has 0 bridgehead atoms. The van der Waals surface area contributed by atoms with E-state index in [2.05, 4.69) is 218 Å². The highest BCUT2D eigenvalue weighted by Gasteiger charge is 2.25. The smallest absolute Gasteiger partial charge is 0.000138 e. The van der Waals surface area contributed by atoms with Crippen molar-refractivity contribution in [3.63, 3.8) is 0 Å². The summed E-state index contributed by atoms with van der Waals surface area (Å²) in [6.45, 7) is 0. The Kier molecular flexibility index (Phi) is 6.92. The normalized spacial score (nSPS) is 12.2. The summed E-state index contributed by atoms with van der Waals surface area (Å²) in [5, 5.41) is 28.2. The predicted molar refractivity (Wildman–Crippen MR) is 270 cm³/mol. The molecule has 0 radical (unpaired) electrons. The van der Waals surface area contributed by atoms with Crippen LogP contribution in [0.1, 0.15) is 0 Å². The Morgan fingerprint density at radius 3 is 0.774 bits per heavy atom. The topological polar surface area (TPSA) is 0 Å². The average molecular weight is 781 g/mol. The molecule has 0 unspecified atom stereocenters. The fourth-order valence-corrected chi connectivity index (χ4v) is 11.5. The van der Waals surface area contributed by atoms with Crippen LogP contribution >= 0.6 is 0 Å². The third-order valence-corrected chi connectivity index (χ3v) is 13.9. The van der Waals surface area contributed by atoms with Gasteiger partial charge in [0, 0.05) is 0 Å². The molecule has 0 heteroatoms. The maximum absolute atomic E-state index is 2.51. The lowest BCUT2D eigenvalue weighted by atomic mass is 9.79. The van der Waals surface area contributed by atoms with E-state index in [0.29, 0.717) is 0 Å². The van der Waals surface area contributed by atoms with Gasteiger partial charge in [-0.25, -0.2) is 0 Å². The molecule has 0 heterocycles. The SMILES string of the molecule is c1ccc2c(-c3c4c5ccccc5c5ccccc5c4cc4c5ccccc5c5ccccc5c34)c3ccccc3c(-c3ccc4c5ccccc5c5ccccc5c4c3)c2c1. The van der Waals surface area contributed by atoms with Gasteiger partial charge < -0.3 is 0 Å². The minimum absolute atomic E-state index is 1.23. The summed E-state index contributed by atoms with van der Waals surface area (Å²) in [6.07, 6.45) is 0. The number of rotatable bonds is 2. The van der Waals surface area contributed by atoms with E-state index in [0.717, 1.165) is 0 Å². The first-order valence-corrected chi connectivity index (χ1v) is 21.7. The number of fused-ring (bicyclic) bond motifs is 20. The molecule has 284 valence electrons. The molecule has 0 fully saturated rings. The number of benzene rings is 14. The quantitative estimate of drug-likeness (QED) is 0.121. The standard InChI is InChI=1S/C62H36/c1-2-19-40-38(17-1)39-18-3-6-24-45(39)55-35-37(33-34-48(40)55)58-51-29-13-15-31-53(51)59(54-32-16-14-30-52(54)58)62-60-49-27-11-9-22-43(49)41-20-4-7-25-46(41)56(60)36-57-47-26-8-5-21-42(47)44-23-10-12-28-50(44)61(57)62/h1-36H. The average Bonchev–Trinajstić information content (AvgIpc) is 3.35. The zero-order valence-corrected chi connectivity index (χ0v) is 33.8. The second kappa shape index (κ2) is 12.7. The summed E-state index contributed by atoms with van der Waals surface area (Å²) in [4.78, 5) is 0. The lowest BCUT2D eigenvalue weighted by molar-refractivity contribution is 1.71. The van der Waals surface area contributed by atoms with Crippen molar-refractivity contribution in [1.82, 2.24) is 0 Å². The third kappa shape index (κ3) is 4.51. The first-order valence-electron chi connectivity index (χ1n) is 21.7. The molecule has 0 aliphatic heterocycles. The van der Waals surface area contributed by atoms with Crippen LogP contribution in [0.3, 0.4) is 0 Å². The zero-order chi connectivity index (χ0) is 40.5. The molecule has 14 rings (SSSR count). The van der Waals surface area contributed by atoms with Crippen molar-refractivity contribution in [3.8, 4) is 22.3 Å². The van der Waals surface area contributed by atoms with Gasteiger partial charge in [-0.3, -0.25) is 0 Å². The van der Waals surface area contributed by atoms with Gasteiger partial charge in [-0.15, -0.1) is 0 Å². The molecule has 0 aliphatic rings. The van der Waals surface area contributed by atoms with E-state index in [1.807, 2.05) is 0 Å². The Bertz CT molecular complexity index is 4040. The maximum atomic E-state index is 2.51. The highest BCUT2D eigenvalue weighted by Crippen LogP contribution is 2.53. The van der Waals surface area contributed by atoms with Crippen LogP contribution < -0.4 is 0 Å². The van der Waals surface area contributed by atoms with Crippen LogP contribution in [-0.4, -0.2) is 0 Å². The molecule has 0 nitrogen and oxygen atoms in total. The first kappa shape index (κ1) is 33.7. The van der Waals surface area contributed by atoms with Crippen LogP contribution in [0.4, 0.5) is 0 Å². The molecule has 62 heavy (non-hydrogen) atoms. The molecule has 0 aliphatic carbocycles. The molecular formula is C62H36. The van der Waals surface area contributed by atoms with Crippen molar-refractivity contribution in [2.24, 2.45) is 0 Å². The van der Waals surface area contributed by atoms with E-state index in [1.54, 1.807) is 0 Å². The molecule has 0 spiro atoms. The summed E-state index contributed by atoms with van der Waals surface area (Å²) in [7, 11) is 0. The molecule has 0 saturated carbocycles. The Morgan fingerprint density at radius 2 is 0.403 bits per heavy atom. The minimum Gasteiger partial charge on any atom is -0.0616 e. The Morgan fingerprint density at radius 1 is 0.145 bits per heavy atom. The Labute approximate surface area is 357 Å². The van der Waals surface area contributed by atoms with Gasteiger partial charge in [0.2, 0.25) is 0 Å². The summed E-state index contributed by atoms with van der Waals surface area (Å²) < 4.78 is 0. The zero-order valence-electron chi connectivity index (χ0n) is 33.8. The summed E-state index contributed by atoms with van der Waals surface area (Å²) in [5.74, 6) is 0. The highest BCUT2D eigenvalue weighted by molar-refractivity contribution is 6.41. The lowest BCUT2D eigenvalue weighted by Gasteiger charge is -2.23. The highest BCUT2D eigenvalue weighted by atomic mass is 14.3. The lowest BCUT2D eigenvalue weighted by Crippen LogP contribution is -1.95. The van der Waals surface area contributed by atoms with E-state index in [1.165, 1.54) is 141 Å². The molecule has 14 aromatic carbocycles. The number of hydrogen-bond donors (Lipinski definition) is 0. The van der Waals surface area contributed by atoms with Crippen molar-refractivity contribution < 1.29 is 0 Å². The molecular weight excluding hydrogens is 745 g/mol. The Hall–Kier alpha value is -8.06. The molecule has 0 amide bonds. The van der Waals surface area contributed by atoms with E-state index >= 15 is 0 Å². The monoisotopic (exact) mass is 780 g/mol. The van der Waals surface area contributed by atoms with Crippen LogP contribution in [0.25, 0.3) is 141 Å². The molecule has 0 saturated heterocycles. The van der Waals surface area contributed by atoms with Gasteiger partial charge in [0.25, 0.3) is 0 Å². The van der Waals surface area contributed by atoms with Gasteiger partial charge in [0.15, 0.2) is 0 Å². The molecule has 0 atom stereocenters. The Balaban J connectivity index is 1.22. The van der Waals surface area contributed by atoms with E-state index in [9.17, 15) is 0 Å². The summed E-state index contributed by atoms with van der Waals surface area (Å²) in [5.41, 5.74) is 5.09. The molecule has 0 aromatic heterocycles. The van der Waals surface area contributed by atoms with Gasteiger partial charge in [-0.05, 0) is 153 Å². The van der Waals surface area contributed by atoms with E-state index < -0.39 is 0 Å². The van der Waals surface area contributed by atoms with Crippen LogP contribution in [0.15, 0.2) is 218 Å². The molecule has 0 N–H and O–H groups in total. The van der Waals surface area contributed by atoms with Crippen LogP contribution in [0.2, 0.25) is 0 Å². The van der Waals surface area contributed by atoms with Crippen LogP contribution in [0, 0.1) is 0 Å². The second-order valence-corrected chi connectivity index (χ2v) is 17.0. The van der Waals surface area contributed by atoms with Crippen LogP contribution in [0.5, 0.6) is 0 Å². The van der Waals surface area contributed by atoms with Crippen molar-refractivity contribution >= 4 is 118 Å². The van der Waals surface area contributed by atoms with E-state index in [-0.39, 0.29) is 0 Å². The number of hydrogen-bond acceptors (Lipinski definition) is 0. The second-order valence-electron chi connectivity index (χ2n) is 17.0. The predicted octanol–water partition coefficient (Wildman–Crippen LogP) is 17.7. The fraction of sp³-hybridized carbons (Fsp3) is 0. The van der Waals surface area contributed by atoms with Gasteiger partial charge in [-0.1, -0.05) is 206 Å². The third-order valence-electron chi connectivity index (χ3n) is 13.9. The van der Waals surface area contributed by atoms with E-state index in [4.69, 9.17) is 0 Å². The van der Waals surface area contributed by atoms with Crippen molar-refractivity contribution in [3.05, 3.63) is 218 Å². The van der Waals surface area contributed by atoms with Crippen LogP contribution in [-0.2, 0) is 0 Å². The van der Waals surface area contributed by atoms with Gasteiger partial charge >= 0.3 is 0 Å². The van der Waals surface area contributed by atoms with Gasteiger partial charge in [0.1, 0.15) is 0 Å². The van der Waals surface area contributed by atoms with Gasteiger partial charge in [0.05, 0.1) is 0 Å². The summed E-state index contributed by atoms with van der Waals surface area (Å²) >= 11 is 0. The van der Waals surface area contributed by atoms with Crippen molar-refractivity contribution in [1.29, 1.82) is 0 Å². The van der Waals surface area contributed by atoms with Crippen molar-refractivity contribution in [2.75, 3.05) is 0 Å². The minimum atomic E-state index is 1.23. The fourth-order valence-electron chi connectivity index (χ4n) is 11.5. The largest absolute Gasteiger partial charge is 0.0616 e. The van der Waals surface area contributed by atoms with Crippen molar-refractivity contribution in [2.45, 2.75) is 0 Å². The summed E-state index contributed by atoms with van der Waals surface area (Å²) in [6, 6.07) is 82.1. The molecule has 14 aromatic rings. The first-order chi connectivity index (χ1) is 30.8.